The van der Waals surface area contributed by atoms with Crippen LogP contribution >= 0.6 is 34.8 Å². The molecule has 5 rings (SSSR count). The number of fused-ring (bicyclic) bond motifs is 1. The molecule has 3 aromatic heterocycles. The highest BCUT2D eigenvalue weighted by Crippen LogP contribution is 2.36. The minimum atomic E-state index is -0.531. The van der Waals surface area contributed by atoms with Crippen molar-refractivity contribution in [1.82, 2.24) is 19.5 Å². The first-order chi connectivity index (χ1) is 15.9. The lowest BCUT2D eigenvalue weighted by Gasteiger charge is -2.09. The van der Waals surface area contributed by atoms with Gasteiger partial charge in [-0.05, 0) is 42.0 Å². The van der Waals surface area contributed by atoms with Crippen LogP contribution in [0.25, 0.3) is 22.4 Å². The van der Waals surface area contributed by atoms with Crippen LogP contribution in [0.2, 0.25) is 15.2 Å². The summed E-state index contributed by atoms with van der Waals surface area (Å²) in [6, 6.07) is 11.5. The van der Waals surface area contributed by atoms with Crippen LogP contribution in [0.15, 0.2) is 65.6 Å². The Bertz CT molecular complexity index is 1510. The van der Waals surface area contributed by atoms with Gasteiger partial charge in [0.2, 0.25) is 0 Å². The number of halogens is 3. The molecular formula is C23H13Cl3N4O3. The summed E-state index contributed by atoms with van der Waals surface area (Å²) >= 11 is 19.1. The molecule has 0 aliphatic rings. The molecule has 0 radical (unpaired) electrons. The third kappa shape index (κ3) is 3.95. The average Bonchev–Trinajstić information content (AvgIpc) is 3.39. The number of nitrogens with zero attached hydrogens (tertiary/aromatic N) is 4. The molecule has 0 spiro atoms. The highest BCUT2D eigenvalue weighted by molar-refractivity contribution is 6.37. The summed E-state index contributed by atoms with van der Waals surface area (Å²) in [5.41, 5.74) is 2.03. The van der Waals surface area contributed by atoms with Crippen molar-refractivity contribution in [2.24, 2.45) is 0 Å². The van der Waals surface area contributed by atoms with Crippen LogP contribution in [0.5, 0.6) is 5.75 Å². The van der Waals surface area contributed by atoms with E-state index >= 15 is 0 Å². The van der Waals surface area contributed by atoms with Crippen LogP contribution in [0.4, 0.5) is 0 Å². The summed E-state index contributed by atoms with van der Waals surface area (Å²) in [6.07, 6.45) is 4.34. The molecule has 0 fully saturated rings. The van der Waals surface area contributed by atoms with Crippen molar-refractivity contribution in [2.45, 2.75) is 6.54 Å². The van der Waals surface area contributed by atoms with E-state index in [1.54, 1.807) is 41.1 Å². The van der Waals surface area contributed by atoms with Crippen molar-refractivity contribution in [3.8, 4) is 17.2 Å². The fraction of sp³-hybridized carbons (Fsp3) is 0.0435. The van der Waals surface area contributed by atoms with E-state index < -0.39 is 5.78 Å². The van der Waals surface area contributed by atoms with Crippen LogP contribution in [0.1, 0.15) is 21.8 Å². The third-order valence-corrected chi connectivity index (χ3v) is 6.07. The molecular weight excluding hydrogens is 487 g/mol. The zero-order valence-electron chi connectivity index (χ0n) is 16.7. The molecule has 0 saturated heterocycles. The minimum absolute atomic E-state index is 0.0102. The highest BCUT2D eigenvalue weighted by atomic mass is 35.5. The molecule has 3 heterocycles. The molecule has 0 aliphatic heterocycles. The summed E-state index contributed by atoms with van der Waals surface area (Å²) < 4.78 is 7.39. The van der Waals surface area contributed by atoms with Gasteiger partial charge in [0.1, 0.15) is 22.9 Å². The minimum Gasteiger partial charge on any atom is -0.508 e. The maximum Gasteiger partial charge on any atom is 0.269 e. The third-order valence-electron chi connectivity index (χ3n) is 5.09. The van der Waals surface area contributed by atoms with Crippen LogP contribution < -0.4 is 0 Å². The monoisotopic (exact) mass is 498 g/mol. The Balaban J connectivity index is 1.61. The molecule has 10 heteroatoms. The van der Waals surface area contributed by atoms with Crippen LogP contribution in [-0.2, 0) is 6.54 Å². The number of rotatable bonds is 5. The fourth-order valence-corrected chi connectivity index (χ4v) is 4.35. The molecule has 0 bridgehead atoms. The number of hydrogen-bond donors (Lipinski definition) is 1. The molecule has 1 N–H and O–H groups in total. The average molecular weight is 500 g/mol. The Labute approximate surface area is 202 Å². The molecule has 0 unspecified atom stereocenters. The molecule has 0 atom stereocenters. The van der Waals surface area contributed by atoms with E-state index in [0.717, 1.165) is 5.56 Å². The summed E-state index contributed by atoms with van der Waals surface area (Å²) in [6.45, 7) is 0.279. The van der Waals surface area contributed by atoms with Crippen molar-refractivity contribution in [2.75, 3.05) is 0 Å². The Morgan fingerprint density at radius 2 is 1.91 bits per heavy atom. The highest BCUT2D eigenvalue weighted by Gasteiger charge is 2.27. The van der Waals surface area contributed by atoms with Gasteiger partial charge in [-0.3, -0.25) is 4.79 Å². The van der Waals surface area contributed by atoms with Gasteiger partial charge in [0.05, 0.1) is 23.8 Å². The number of aromatic hydroxyl groups is 1. The number of oxazole rings is 1. The lowest BCUT2D eigenvalue weighted by Crippen LogP contribution is -2.04. The number of carbonyl (C=O) groups excluding carboxylic acids is 1. The SMILES string of the molecule is O=C(c1ncc(-c2ccncn2)o1)c1c(Cl)n(Cc2ccc(Cl)cc2Cl)c2ccc(O)cc12. The van der Waals surface area contributed by atoms with Gasteiger partial charge in [0.15, 0.2) is 5.76 Å². The molecule has 7 nitrogen and oxygen atoms in total. The van der Waals surface area contributed by atoms with Crippen LogP contribution in [-0.4, -0.2) is 30.4 Å². The van der Waals surface area contributed by atoms with Gasteiger partial charge >= 0.3 is 0 Å². The van der Waals surface area contributed by atoms with Gasteiger partial charge in [0, 0.05) is 21.6 Å². The van der Waals surface area contributed by atoms with Gasteiger partial charge in [0.25, 0.3) is 11.7 Å². The predicted octanol–water partition coefficient (Wildman–Crippen LogP) is 6.03. The van der Waals surface area contributed by atoms with Crippen LogP contribution in [0.3, 0.4) is 0 Å². The van der Waals surface area contributed by atoms with E-state index in [2.05, 4.69) is 15.0 Å². The Morgan fingerprint density at radius 1 is 1.06 bits per heavy atom. The van der Waals surface area contributed by atoms with Gasteiger partial charge < -0.3 is 14.1 Å². The fourth-order valence-electron chi connectivity index (χ4n) is 3.54. The lowest BCUT2D eigenvalue weighted by atomic mass is 10.1. The zero-order chi connectivity index (χ0) is 23.1. The second-order valence-corrected chi connectivity index (χ2v) is 8.34. The number of carbonyl (C=O) groups is 1. The summed E-state index contributed by atoms with van der Waals surface area (Å²) in [5.74, 6) is -0.380. The van der Waals surface area contributed by atoms with Gasteiger partial charge in [-0.25, -0.2) is 15.0 Å². The first-order valence-corrected chi connectivity index (χ1v) is 10.8. The van der Waals surface area contributed by atoms with E-state index in [0.29, 0.717) is 32.4 Å². The van der Waals surface area contributed by atoms with E-state index in [9.17, 15) is 9.90 Å². The number of phenols is 1. The first-order valence-electron chi connectivity index (χ1n) is 9.64. The van der Waals surface area contributed by atoms with E-state index in [1.807, 2.05) is 0 Å². The van der Waals surface area contributed by atoms with Crippen molar-refractivity contribution >= 4 is 51.5 Å². The molecule has 2 aromatic carbocycles. The molecule has 164 valence electrons. The Hall–Kier alpha value is -3.39. The number of benzene rings is 2. The van der Waals surface area contributed by atoms with Gasteiger partial charge in [-0.2, -0.15) is 0 Å². The summed E-state index contributed by atoms with van der Waals surface area (Å²) in [7, 11) is 0. The lowest BCUT2D eigenvalue weighted by molar-refractivity contribution is 0.100. The van der Waals surface area contributed by atoms with Crippen molar-refractivity contribution < 1.29 is 14.3 Å². The largest absolute Gasteiger partial charge is 0.508 e. The quantitative estimate of drug-likeness (QED) is 0.297. The van der Waals surface area contributed by atoms with E-state index in [1.165, 1.54) is 24.7 Å². The number of ketones is 1. The molecule has 0 amide bonds. The molecule has 0 saturated carbocycles. The molecule has 33 heavy (non-hydrogen) atoms. The van der Waals surface area contributed by atoms with Crippen molar-refractivity contribution in [3.63, 3.8) is 0 Å². The smallest absolute Gasteiger partial charge is 0.269 e. The zero-order valence-corrected chi connectivity index (χ0v) is 18.9. The second-order valence-electron chi connectivity index (χ2n) is 7.14. The second kappa shape index (κ2) is 8.51. The van der Waals surface area contributed by atoms with Gasteiger partial charge in [-0.15, -0.1) is 0 Å². The Kier molecular flexibility index (Phi) is 5.54. The molecule has 5 aromatic rings. The normalized spacial score (nSPS) is 11.2. The standard InChI is InChI=1S/C23H13Cl3N4O3/c24-13-2-1-12(16(25)7-13)10-30-18-4-3-14(31)8-15(18)20(22(30)26)21(32)23-28-9-19(33-23)17-5-6-27-11-29-17/h1-9,11,31H,10H2. The summed E-state index contributed by atoms with van der Waals surface area (Å²) in [5, 5.41) is 11.7. The topological polar surface area (TPSA) is 94.0 Å². The number of hydrogen-bond acceptors (Lipinski definition) is 6. The first kappa shape index (κ1) is 21.5. The van der Waals surface area contributed by atoms with Crippen molar-refractivity contribution in [1.29, 1.82) is 0 Å². The maximum atomic E-state index is 13.4. The number of phenolic OH excluding ortho intramolecular Hbond substituents is 1. The van der Waals surface area contributed by atoms with Crippen molar-refractivity contribution in [3.05, 3.63) is 93.4 Å². The maximum absolute atomic E-state index is 13.4. The predicted molar refractivity (Wildman–Crippen MR) is 125 cm³/mol. The van der Waals surface area contributed by atoms with E-state index in [-0.39, 0.29) is 28.9 Å². The van der Waals surface area contributed by atoms with E-state index in [4.69, 9.17) is 39.2 Å². The molecule has 0 aliphatic carbocycles. The van der Waals surface area contributed by atoms with Crippen LogP contribution in [0, 0.1) is 0 Å². The number of aromatic nitrogens is 4. The van der Waals surface area contributed by atoms with Gasteiger partial charge in [-0.1, -0.05) is 40.9 Å². The Morgan fingerprint density at radius 3 is 2.67 bits per heavy atom. The summed E-state index contributed by atoms with van der Waals surface area (Å²) in [4.78, 5) is 25.5.